The van der Waals surface area contributed by atoms with Gasteiger partial charge < -0.3 is 19.7 Å². The third kappa shape index (κ3) is 3.67. The van der Waals surface area contributed by atoms with E-state index < -0.39 is 6.03 Å². The Labute approximate surface area is 157 Å². The number of carbonyl (C=O) groups excluding carboxylic acids is 2. The number of urea groups is 1. The number of rotatable bonds is 3. The van der Waals surface area contributed by atoms with E-state index in [9.17, 15) is 9.59 Å². The SMILES string of the molecule is CC1CCc2ccccc2N1CC(=O)NC(=O)Nc1ccc2c(c1)OCO2. The Morgan fingerprint density at radius 3 is 2.85 bits per heavy atom. The second-order valence-electron chi connectivity index (χ2n) is 6.71. The number of hydrogen-bond donors (Lipinski definition) is 2. The summed E-state index contributed by atoms with van der Waals surface area (Å²) >= 11 is 0. The molecule has 0 radical (unpaired) electrons. The van der Waals surface area contributed by atoms with Crippen molar-refractivity contribution in [3.63, 3.8) is 0 Å². The second kappa shape index (κ2) is 7.19. The van der Waals surface area contributed by atoms with Gasteiger partial charge in [0.15, 0.2) is 11.5 Å². The summed E-state index contributed by atoms with van der Waals surface area (Å²) in [7, 11) is 0. The first-order chi connectivity index (χ1) is 13.1. The topological polar surface area (TPSA) is 79.9 Å². The number of para-hydroxylation sites is 1. The third-order valence-corrected chi connectivity index (χ3v) is 4.86. The lowest BCUT2D eigenvalue weighted by atomic mass is 9.97. The van der Waals surface area contributed by atoms with Crippen LogP contribution in [0.3, 0.4) is 0 Å². The highest BCUT2D eigenvalue weighted by atomic mass is 16.7. The predicted molar refractivity (Wildman–Crippen MR) is 101 cm³/mol. The number of hydrogen-bond acceptors (Lipinski definition) is 5. The Balaban J connectivity index is 1.37. The summed E-state index contributed by atoms with van der Waals surface area (Å²) in [6.07, 6.45) is 1.98. The molecule has 7 nitrogen and oxygen atoms in total. The molecule has 4 rings (SSSR count). The van der Waals surface area contributed by atoms with Crippen LogP contribution in [0.15, 0.2) is 42.5 Å². The minimum absolute atomic E-state index is 0.132. The number of amides is 3. The summed E-state index contributed by atoms with van der Waals surface area (Å²) in [4.78, 5) is 26.6. The van der Waals surface area contributed by atoms with Crippen molar-refractivity contribution < 1.29 is 19.1 Å². The minimum atomic E-state index is -0.572. The number of ether oxygens (including phenoxy) is 2. The molecule has 140 valence electrons. The van der Waals surface area contributed by atoms with Gasteiger partial charge in [0.25, 0.3) is 0 Å². The van der Waals surface area contributed by atoms with Gasteiger partial charge in [-0.15, -0.1) is 0 Å². The number of anilines is 2. The van der Waals surface area contributed by atoms with E-state index in [1.807, 2.05) is 23.1 Å². The molecule has 2 aromatic rings. The van der Waals surface area contributed by atoms with E-state index in [4.69, 9.17) is 9.47 Å². The summed E-state index contributed by atoms with van der Waals surface area (Å²) in [6, 6.07) is 12.8. The van der Waals surface area contributed by atoms with Crippen LogP contribution in [-0.2, 0) is 11.2 Å². The first kappa shape index (κ1) is 17.2. The minimum Gasteiger partial charge on any atom is -0.454 e. The van der Waals surface area contributed by atoms with Crippen LogP contribution in [-0.4, -0.2) is 31.3 Å². The highest BCUT2D eigenvalue weighted by Gasteiger charge is 2.25. The van der Waals surface area contributed by atoms with Gasteiger partial charge in [-0.3, -0.25) is 10.1 Å². The zero-order valence-electron chi connectivity index (χ0n) is 15.0. The van der Waals surface area contributed by atoms with Crippen molar-refractivity contribution in [2.75, 3.05) is 23.6 Å². The summed E-state index contributed by atoms with van der Waals surface area (Å²) in [5.41, 5.74) is 2.82. The highest BCUT2D eigenvalue weighted by Crippen LogP contribution is 2.34. The Bertz CT molecular complexity index is 883. The van der Waals surface area contributed by atoms with Gasteiger partial charge in [-0.1, -0.05) is 18.2 Å². The molecule has 0 aliphatic carbocycles. The standard InChI is InChI=1S/C20H21N3O4/c1-13-6-7-14-4-2-3-5-16(14)23(13)11-19(24)22-20(25)21-15-8-9-17-18(10-15)27-12-26-17/h2-5,8-10,13H,6-7,11-12H2,1H3,(H2,21,22,24,25). The molecule has 1 atom stereocenters. The molecule has 0 fully saturated rings. The maximum absolute atomic E-state index is 12.4. The molecule has 2 aliphatic rings. The molecule has 2 aromatic carbocycles. The first-order valence-electron chi connectivity index (χ1n) is 8.95. The number of fused-ring (bicyclic) bond motifs is 2. The maximum Gasteiger partial charge on any atom is 0.325 e. The van der Waals surface area contributed by atoms with Crippen LogP contribution in [0.5, 0.6) is 11.5 Å². The Hall–Kier alpha value is -3.22. The van der Waals surface area contributed by atoms with Crippen LogP contribution in [0.2, 0.25) is 0 Å². The fourth-order valence-electron chi connectivity index (χ4n) is 3.46. The molecule has 2 N–H and O–H groups in total. The number of imide groups is 1. The van der Waals surface area contributed by atoms with Crippen molar-refractivity contribution in [2.24, 2.45) is 0 Å². The Morgan fingerprint density at radius 2 is 1.96 bits per heavy atom. The zero-order valence-corrected chi connectivity index (χ0v) is 15.0. The molecule has 0 saturated heterocycles. The van der Waals surface area contributed by atoms with Crippen molar-refractivity contribution in [1.82, 2.24) is 5.32 Å². The van der Waals surface area contributed by atoms with Crippen LogP contribution >= 0.6 is 0 Å². The van der Waals surface area contributed by atoms with Crippen LogP contribution in [0, 0.1) is 0 Å². The molecule has 1 unspecified atom stereocenters. The molecule has 27 heavy (non-hydrogen) atoms. The molecular weight excluding hydrogens is 346 g/mol. The van der Waals surface area contributed by atoms with E-state index in [1.54, 1.807) is 18.2 Å². The Morgan fingerprint density at radius 1 is 1.15 bits per heavy atom. The van der Waals surface area contributed by atoms with Crippen molar-refractivity contribution >= 4 is 23.3 Å². The number of aryl methyl sites for hydroxylation is 1. The van der Waals surface area contributed by atoms with Gasteiger partial charge in [0.1, 0.15) is 0 Å². The predicted octanol–water partition coefficient (Wildman–Crippen LogP) is 2.90. The van der Waals surface area contributed by atoms with E-state index >= 15 is 0 Å². The normalized spacial score (nSPS) is 17.2. The highest BCUT2D eigenvalue weighted by molar-refractivity contribution is 6.02. The number of nitrogens with zero attached hydrogens (tertiary/aromatic N) is 1. The van der Waals surface area contributed by atoms with Crippen LogP contribution < -0.4 is 25.0 Å². The molecule has 0 spiro atoms. The van der Waals surface area contributed by atoms with Crippen LogP contribution in [0.1, 0.15) is 18.9 Å². The van der Waals surface area contributed by atoms with Gasteiger partial charge in [-0.25, -0.2) is 4.79 Å². The third-order valence-electron chi connectivity index (χ3n) is 4.86. The van der Waals surface area contributed by atoms with Crippen LogP contribution in [0.25, 0.3) is 0 Å². The summed E-state index contributed by atoms with van der Waals surface area (Å²) in [5, 5.41) is 5.04. The van der Waals surface area contributed by atoms with E-state index in [-0.39, 0.29) is 25.3 Å². The van der Waals surface area contributed by atoms with Crippen molar-refractivity contribution in [2.45, 2.75) is 25.8 Å². The fraction of sp³-hybridized carbons (Fsp3) is 0.300. The number of nitrogens with one attached hydrogen (secondary N) is 2. The largest absolute Gasteiger partial charge is 0.454 e. The molecule has 2 aliphatic heterocycles. The smallest absolute Gasteiger partial charge is 0.325 e. The Kier molecular flexibility index (Phi) is 4.58. The molecule has 0 bridgehead atoms. The van der Waals surface area contributed by atoms with Crippen molar-refractivity contribution in [1.29, 1.82) is 0 Å². The van der Waals surface area contributed by atoms with Crippen molar-refractivity contribution in [3.05, 3.63) is 48.0 Å². The molecular formula is C20H21N3O4. The summed E-state index contributed by atoms with van der Waals surface area (Å²) < 4.78 is 10.5. The van der Waals surface area contributed by atoms with Crippen LogP contribution in [0.4, 0.5) is 16.2 Å². The first-order valence-corrected chi connectivity index (χ1v) is 8.95. The average Bonchev–Trinajstić information content (AvgIpc) is 3.12. The van der Waals surface area contributed by atoms with E-state index in [0.29, 0.717) is 17.2 Å². The van der Waals surface area contributed by atoms with Gasteiger partial charge in [-0.05, 0) is 43.5 Å². The maximum atomic E-state index is 12.4. The average molecular weight is 367 g/mol. The molecule has 3 amide bonds. The summed E-state index contributed by atoms with van der Waals surface area (Å²) in [5.74, 6) is 0.851. The molecule has 7 heteroatoms. The lowest BCUT2D eigenvalue weighted by molar-refractivity contribution is -0.118. The number of benzene rings is 2. The van der Waals surface area contributed by atoms with Gasteiger partial charge in [0, 0.05) is 23.5 Å². The summed E-state index contributed by atoms with van der Waals surface area (Å²) in [6.45, 7) is 2.39. The lowest BCUT2D eigenvalue weighted by Gasteiger charge is -2.36. The lowest BCUT2D eigenvalue weighted by Crippen LogP contribution is -2.46. The van der Waals surface area contributed by atoms with Gasteiger partial charge in [0.2, 0.25) is 12.7 Å². The van der Waals surface area contributed by atoms with Gasteiger partial charge in [-0.2, -0.15) is 0 Å². The second-order valence-corrected chi connectivity index (χ2v) is 6.71. The molecule has 0 aromatic heterocycles. The van der Waals surface area contributed by atoms with E-state index in [2.05, 4.69) is 23.6 Å². The molecule has 2 heterocycles. The zero-order chi connectivity index (χ0) is 18.8. The van der Waals surface area contributed by atoms with E-state index in [1.165, 1.54) is 5.56 Å². The van der Waals surface area contributed by atoms with Gasteiger partial charge in [0.05, 0.1) is 6.54 Å². The van der Waals surface area contributed by atoms with E-state index in [0.717, 1.165) is 18.5 Å². The monoisotopic (exact) mass is 367 g/mol. The molecule has 0 saturated carbocycles. The fourth-order valence-corrected chi connectivity index (χ4v) is 3.46. The number of carbonyl (C=O) groups is 2. The van der Waals surface area contributed by atoms with Gasteiger partial charge >= 0.3 is 6.03 Å². The van der Waals surface area contributed by atoms with Crippen molar-refractivity contribution in [3.8, 4) is 11.5 Å². The quantitative estimate of drug-likeness (QED) is 0.872.